The Kier molecular flexibility index (Phi) is 13.3. The molecule has 12 aromatic rings. The van der Waals surface area contributed by atoms with Gasteiger partial charge in [0.25, 0.3) is 0 Å². The normalized spacial score (nSPS) is 14.0. The van der Waals surface area contributed by atoms with Crippen LogP contribution in [-0.4, -0.2) is 0 Å². The van der Waals surface area contributed by atoms with Gasteiger partial charge in [0.05, 0.1) is 10.8 Å². The van der Waals surface area contributed by atoms with Gasteiger partial charge < -0.3 is 0 Å². The Hall–Kier alpha value is -9.36. The molecule has 0 nitrogen and oxygen atoms in total. The third kappa shape index (κ3) is 8.33. The van der Waals surface area contributed by atoms with Crippen molar-refractivity contribution >= 4 is 0 Å². The third-order valence-corrected chi connectivity index (χ3v) is 18.5. The van der Waals surface area contributed by atoms with Crippen LogP contribution in [0, 0.1) is 27.7 Å². The number of aryl methyl sites for hydroxylation is 4. The van der Waals surface area contributed by atoms with Crippen molar-refractivity contribution < 1.29 is 0 Å². The van der Waals surface area contributed by atoms with Gasteiger partial charge in [0, 0.05) is 5.41 Å². The van der Waals surface area contributed by atoms with Crippen molar-refractivity contribution in [2.75, 3.05) is 0 Å². The van der Waals surface area contributed by atoms with Crippen LogP contribution in [-0.2, 0) is 22.7 Å². The zero-order valence-corrected chi connectivity index (χ0v) is 47.8. The summed E-state index contributed by atoms with van der Waals surface area (Å²) in [4.78, 5) is 0. The maximum Gasteiger partial charge on any atom is 0.0725 e. The summed E-state index contributed by atoms with van der Waals surface area (Å²) < 4.78 is 0. The van der Waals surface area contributed by atoms with Crippen molar-refractivity contribution in [2.45, 2.75) is 71.6 Å². The first-order valence-corrected chi connectivity index (χ1v) is 29.2. The molecule has 0 radical (unpaired) electrons. The van der Waals surface area contributed by atoms with E-state index in [4.69, 9.17) is 0 Å². The first-order valence-electron chi connectivity index (χ1n) is 29.2. The summed E-state index contributed by atoms with van der Waals surface area (Å²) in [6.45, 7) is 13.3. The van der Waals surface area contributed by atoms with E-state index in [2.05, 4.69) is 321 Å². The molecular formula is C83H70. The van der Waals surface area contributed by atoms with Crippen LogP contribution in [0.4, 0.5) is 0 Å². The van der Waals surface area contributed by atoms with Crippen LogP contribution >= 0.6 is 0 Å². The molecule has 0 N–H and O–H groups in total. The first-order chi connectivity index (χ1) is 40.1. The van der Waals surface area contributed by atoms with Crippen LogP contribution in [0.5, 0.6) is 0 Å². The molecule has 0 saturated heterocycles. The molecule has 1 spiro atoms. The van der Waals surface area contributed by atoms with Gasteiger partial charge in [-0.1, -0.05) is 323 Å². The molecule has 0 unspecified atom stereocenters. The fraction of sp³-hybridized carbons (Fsp3) is 0.133. The highest BCUT2D eigenvalue weighted by Gasteiger charge is 2.51. The Labute approximate surface area is 492 Å². The van der Waals surface area contributed by atoms with E-state index in [9.17, 15) is 0 Å². The second-order valence-corrected chi connectivity index (χ2v) is 23.7. The number of benzene rings is 12. The van der Waals surface area contributed by atoms with Gasteiger partial charge in [-0.25, -0.2) is 0 Å². The zero-order valence-electron chi connectivity index (χ0n) is 47.8. The van der Waals surface area contributed by atoms with E-state index >= 15 is 0 Å². The second kappa shape index (κ2) is 20.9. The van der Waals surface area contributed by atoms with E-state index < -0.39 is 0 Å². The molecule has 0 heterocycles. The van der Waals surface area contributed by atoms with Crippen LogP contribution in [0.25, 0.3) is 55.6 Å². The van der Waals surface area contributed by atoms with Gasteiger partial charge in [0.2, 0.25) is 0 Å². The Bertz CT molecular complexity index is 4230. The van der Waals surface area contributed by atoms with Gasteiger partial charge in [-0.15, -0.1) is 0 Å². The Morgan fingerprint density at radius 3 is 1.00 bits per heavy atom. The number of rotatable bonds is 2. The molecule has 83 heavy (non-hydrogen) atoms. The summed E-state index contributed by atoms with van der Waals surface area (Å²) in [5.41, 5.74) is 35.8. The van der Waals surface area contributed by atoms with Crippen molar-refractivity contribution in [2.24, 2.45) is 0 Å². The molecule has 0 aromatic heterocycles. The average Bonchev–Trinajstić information content (AvgIpc) is 1.82. The van der Waals surface area contributed by atoms with Crippen molar-refractivity contribution in [1.29, 1.82) is 0 Å². The lowest BCUT2D eigenvalue weighted by Gasteiger charge is -2.34. The average molecular weight is 1070 g/mol. The van der Waals surface area contributed by atoms with Gasteiger partial charge in [-0.2, -0.15) is 0 Å². The van der Waals surface area contributed by atoms with E-state index in [1.165, 1.54) is 145 Å². The standard InChI is InChI=1S/C26H18.C26H20.C16H16.C14H12.CH4/c1-17-14-15-21-20-10-4-7-13-24(20)26(25(21)16-17)22-11-5-2-8-18(22)19-9-3-6-12-23(19)26;1-19-16-17-23-22-14-8-9-15-24(22)26(25(23)18-19,20-10-4-2-5-11-20)21-12-6-3-7-13-21;1-11-8-9-13-12-6-4-5-7-14(12)16(2,3)15(13)10-11;1-10-6-7-12-9-11-4-2-3-5-13(11)14(12)8-10;/h2-16H,1H3;2-18H,1H3;4-10H,1-3H3;2-8H,9H2,1H3;1H4. The van der Waals surface area contributed by atoms with Gasteiger partial charge in [-0.3, -0.25) is 0 Å². The molecular weight excluding hydrogens is 997 g/mol. The second-order valence-electron chi connectivity index (χ2n) is 23.7. The molecule has 0 saturated carbocycles. The first kappa shape index (κ1) is 53.0. The molecule has 0 fully saturated rings. The molecule has 0 atom stereocenters. The summed E-state index contributed by atoms with van der Waals surface area (Å²) in [5.74, 6) is 0. The summed E-state index contributed by atoms with van der Waals surface area (Å²) in [5, 5.41) is 0. The molecule has 0 amide bonds. The van der Waals surface area contributed by atoms with Gasteiger partial charge >= 0.3 is 0 Å². The van der Waals surface area contributed by atoms with Crippen LogP contribution in [0.2, 0.25) is 0 Å². The van der Waals surface area contributed by atoms with Crippen molar-refractivity contribution in [3.63, 3.8) is 0 Å². The minimum Gasteiger partial charge on any atom is -0.0776 e. The van der Waals surface area contributed by atoms with E-state index in [-0.39, 0.29) is 23.7 Å². The highest BCUT2D eigenvalue weighted by molar-refractivity contribution is 5.95. The van der Waals surface area contributed by atoms with Crippen LogP contribution < -0.4 is 0 Å². The van der Waals surface area contributed by atoms with E-state index in [1.807, 2.05) is 0 Å². The predicted molar refractivity (Wildman–Crippen MR) is 351 cm³/mol. The number of hydrogen-bond donors (Lipinski definition) is 0. The van der Waals surface area contributed by atoms with Crippen molar-refractivity contribution in [3.05, 3.63) is 368 Å². The molecule has 5 aliphatic carbocycles. The molecule has 5 aliphatic rings. The van der Waals surface area contributed by atoms with E-state index in [0.717, 1.165) is 6.42 Å². The fourth-order valence-corrected chi connectivity index (χ4v) is 14.8. The maximum atomic E-state index is 2.40. The number of fused-ring (bicyclic) bond motifs is 19. The van der Waals surface area contributed by atoms with Crippen molar-refractivity contribution in [1.82, 2.24) is 0 Å². The minimum absolute atomic E-state index is 0. The lowest BCUT2D eigenvalue weighted by molar-refractivity contribution is 0.660. The molecule has 17 rings (SSSR count). The minimum atomic E-state index is -0.263. The van der Waals surface area contributed by atoms with Gasteiger partial charge in [0.1, 0.15) is 0 Å². The van der Waals surface area contributed by atoms with Crippen LogP contribution in [0.3, 0.4) is 0 Å². The van der Waals surface area contributed by atoms with Gasteiger partial charge in [-0.05, 0) is 157 Å². The van der Waals surface area contributed by atoms with Crippen molar-refractivity contribution in [3.8, 4) is 55.6 Å². The van der Waals surface area contributed by atoms with Crippen LogP contribution in [0.1, 0.15) is 110 Å². The molecule has 0 bridgehead atoms. The maximum absolute atomic E-state index is 2.40. The number of hydrogen-bond acceptors (Lipinski definition) is 0. The lowest BCUT2D eigenvalue weighted by atomic mass is 9.67. The van der Waals surface area contributed by atoms with E-state index in [1.54, 1.807) is 0 Å². The highest BCUT2D eigenvalue weighted by Crippen LogP contribution is 2.63. The molecule has 0 aliphatic heterocycles. The predicted octanol–water partition coefficient (Wildman–Crippen LogP) is 21.2. The Morgan fingerprint density at radius 1 is 0.229 bits per heavy atom. The smallest absolute Gasteiger partial charge is 0.0725 e. The Morgan fingerprint density at radius 2 is 0.530 bits per heavy atom. The zero-order chi connectivity index (χ0) is 55.7. The fourth-order valence-electron chi connectivity index (χ4n) is 14.8. The topological polar surface area (TPSA) is 0 Å². The van der Waals surface area contributed by atoms with Gasteiger partial charge in [0.15, 0.2) is 0 Å². The highest BCUT2D eigenvalue weighted by atomic mass is 14.5. The SMILES string of the molecule is C.Cc1ccc2c(c1)-c1ccccc1C2.Cc1ccc2c(c1)C(C)(C)c1ccccc1-2.Cc1ccc2c(c1)C(c1ccccc1)(c1ccccc1)c1ccccc1-2.Cc1ccc2c(c1)C1(c3ccccc3-c3ccccc31)c1ccccc1-2. The van der Waals surface area contributed by atoms with Crippen LogP contribution in [0.15, 0.2) is 279 Å². The lowest BCUT2D eigenvalue weighted by Crippen LogP contribution is -2.28. The van der Waals surface area contributed by atoms with E-state index in [0.29, 0.717) is 0 Å². The molecule has 12 aromatic carbocycles. The molecule has 402 valence electrons. The summed E-state index contributed by atoms with van der Waals surface area (Å²) in [6, 6.07) is 102. The quantitative estimate of drug-likeness (QED) is 0.162. The Balaban J connectivity index is 0.000000107. The summed E-state index contributed by atoms with van der Waals surface area (Å²) in [7, 11) is 0. The monoisotopic (exact) mass is 1070 g/mol. The largest absolute Gasteiger partial charge is 0.0776 e. The summed E-state index contributed by atoms with van der Waals surface area (Å²) in [6.07, 6.45) is 1.10. The third-order valence-electron chi connectivity index (χ3n) is 18.5. The molecule has 0 heteroatoms. The summed E-state index contributed by atoms with van der Waals surface area (Å²) >= 11 is 0.